The lowest BCUT2D eigenvalue weighted by Crippen LogP contribution is -2.32. The zero-order valence-corrected chi connectivity index (χ0v) is 10.2. The van der Waals surface area contributed by atoms with Crippen LogP contribution in [-0.2, 0) is 24.0 Å². The molecule has 1 aliphatic rings. The highest BCUT2D eigenvalue weighted by Crippen LogP contribution is 2.12. The quantitative estimate of drug-likeness (QED) is 0.403. The number of halogens is 1. The molecule has 0 aromatic heterocycles. The topological polar surface area (TPSA) is 72.9 Å². The number of imide groups is 1. The predicted octanol–water partition coefficient (Wildman–Crippen LogP) is 0.395. The van der Waals surface area contributed by atoms with Crippen molar-refractivity contribution in [3.8, 4) is 0 Å². The largest absolute Gasteiger partial charge is 0.380 e. The van der Waals surface area contributed by atoms with Gasteiger partial charge in [-0.2, -0.15) is 0 Å². The Bertz CT molecular complexity index is 278. The summed E-state index contributed by atoms with van der Waals surface area (Å²) >= 11 is 3.16. The molecule has 1 aliphatic heterocycles. The lowest BCUT2D eigenvalue weighted by Gasteiger charge is -2.12. The number of carbonyl (C=O) groups is 3. The van der Waals surface area contributed by atoms with Crippen LogP contribution in [0.5, 0.6) is 0 Å². The summed E-state index contributed by atoms with van der Waals surface area (Å²) in [5, 5.41) is 1.22. The summed E-state index contributed by atoms with van der Waals surface area (Å²) in [6.07, 6.45) is 0.225. The standard InChI is InChI=1S/C9H12BrNO5/c10-4-6-15-5-3-9(14)16-11-7(12)1-2-8(11)13/h1-6H2. The maximum absolute atomic E-state index is 11.2. The summed E-state index contributed by atoms with van der Waals surface area (Å²) in [6.45, 7) is 0.704. The Morgan fingerprint density at radius 1 is 1.25 bits per heavy atom. The van der Waals surface area contributed by atoms with E-state index in [9.17, 15) is 14.4 Å². The van der Waals surface area contributed by atoms with Crippen LogP contribution < -0.4 is 0 Å². The minimum atomic E-state index is -0.641. The van der Waals surface area contributed by atoms with Crippen LogP contribution in [0.3, 0.4) is 0 Å². The van der Waals surface area contributed by atoms with Crippen molar-refractivity contribution < 1.29 is 24.0 Å². The second kappa shape index (κ2) is 6.59. The van der Waals surface area contributed by atoms with Gasteiger partial charge in [0.25, 0.3) is 11.8 Å². The van der Waals surface area contributed by atoms with Crippen LogP contribution >= 0.6 is 15.9 Å². The number of amides is 2. The van der Waals surface area contributed by atoms with Crippen molar-refractivity contribution in [2.45, 2.75) is 19.3 Å². The van der Waals surface area contributed by atoms with Gasteiger partial charge >= 0.3 is 5.97 Å². The van der Waals surface area contributed by atoms with E-state index in [1.165, 1.54) is 0 Å². The van der Waals surface area contributed by atoms with E-state index in [4.69, 9.17) is 4.74 Å². The molecule has 0 aromatic carbocycles. The third kappa shape index (κ3) is 3.90. The zero-order valence-electron chi connectivity index (χ0n) is 8.61. The van der Waals surface area contributed by atoms with E-state index in [-0.39, 0.29) is 25.9 Å². The first-order chi connectivity index (χ1) is 7.65. The first-order valence-electron chi connectivity index (χ1n) is 4.85. The Hall–Kier alpha value is -0.950. The molecule has 2 amide bonds. The summed E-state index contributed by atoms with van der Waals surface area (Å²) < 4.78 is 5.04. The lowest BCUT2D eigenvalue weighted by atomic mass is 10.4. The Morgan fingerprint density at radius 2 is 1.88 bits per heavy atom. The monoisotopic (exact) mass is 293 g/mol. The highest BCUT2D eigenvalue weighted by atomic mass is 79.9. The average Bonchev–Trinajstić information content (AvgIpc) is 2.56. The maximum Gasteiger partial charge on any atom is 0.335 e. The van der Waals surface area contributed by atoms with Crippen LogP contribution in [0, 0.1) is 0 Å². The Morgan fingerprint density at radius 3 is 2.44 bits per heavy atom. The van der Waals surface area contributed by atoms with Gasteiger partial charge in [0.2, 0.25) is 0 Å². The number of nitrogens with zero attached hydrogens (tertiary/aromatic N) is 1. The second-order valence-corrected chi connectivity index (χ2v) is 3.89. The summed E-state index contributed by atoms with van der Waals surface area (Å²) in [5.74, 6) is -1.59. The van der Waals surface area contributed by atoms with E-state index in [1.54, 1.807) is 0 Å². The lowest BCUT2D eigenvalue weighted by molar-refractivity contribution is -0.198. The van der Waals surface area contributed by atoms with Crippen molar-refractivity contribution in [1.29, 1.82) is 0 Å². The van der Waals surface area contributed by atoms with Crippen molar-refractivity contribution >= 4 is 33.7 Å². The smallest absolute Gasteiger partial charge is 0.335 e. The van der Waals surface area contributed by atoms with Crippen molar-refractivity contribution in [3.63, 3.8) is 0 Å². The molecule has 7 heteroatoms. The van der Waals surface area contributed by atoms with Gasteiger partial charge in [-0.3, -0.25) is 9.59 Å². The highest BCUT2D eigenvalue weighted by Gasteiger charge is 2.32. The maximum atomic E-state index is 11.2. The number of alkyl halides is 1. The molecule has 0 bridgehead atoms. The molecule has 0 aliphatic carbocycles. The van der Waals surface area contributed by atoms with Gasteiger partial charge in [-0.25, -0.2) is 4.79 Å². The highest BCUT2D eigenvalue weighted by molar-refractivity contribution is 9.09. The number of hydrogen-bond acceptors (Lipinski definition) is 5. The van der Waals surface area contributed by atoms with E-state index < -0.39 is 17.8 Å². The van der Waals surface area contributed by atoms with Gasteiger partial charge in [0.1, 0.15) is 0 Å². The minimum absolute atomic E-state index is 0.0179. The molecule has 1 heterocycles. The Labute approximate surface area is 101 Å². The number of rotatable bonds is 6. The molecule has 0 N–H and O–H groups in total. The van der Waals surface area contributed by atoms with Crippen LogP contribution in [0.4, 0.5) is 0 Å². The fourth-order valence-corrected chi connectivity index (χ4v) is 1.35. The molecule has 6 nitrogen and oxygen atoms in total. The van der Waals surface area contributed by atoms with Crippen LogP contribution in [0.2, 0.25) is 0 Å². The zero-order chi connectivity index (χ0) is 12.0. The van der Waals surface area contributed by atoms with E-state index in [2.05, 4.69) is 20.8 Å². The SMILES string of the molecule is O=C(CCOCCBr)ON1C(=O)CCC1=O. The second-order valence-electron chi connectivity index (χ2n) is 3.10. The average molecular weight is 294 g/mol. The number of hydrogen-bond donors (Lipinski definition) is 0. The van der Waals surface area contributed by atoms with Gasteiger partial charge in [-0.05, 0) is 0 Å². The van der Waals surface area contributed by atoms with Crippen LogP contribution in [0.15, 0.2) is 0 Å². The molecule has 1 saturated heterocycles. The summed E-state index contributed by atoms with van der Waals surface area (Å²) in [7, 11) is 0. The van der Waals surface area contributed by atoms with Gasteiger partial charge in [0, 0.05) is 18.2 Å². The van der Waals surface area contributed by atoms with Gasteiger partial charge in [0.05, 0.1) is 19.6 Å². The van der Waals surface area contributed by atoms with Crippen molar-refractivity contribution in [2.24, 2.45) is 0 Å². The fourth-order valence-electron chi connectivity index (χ4n) is 1.12. The number of carbonyl (C=O) groups excluding carboxylic acids is 3. The van der Waals surface area contributed by atoms with Gasteiger partial charge in [0.15, 0.2) is 0 Å². The van der Waals surface area contributed by atoms with Gasteiger partial charge in [-0.1, -0.05) is 15.9 Å². The third-order valence-corrected chi connectivity index (χ3v) is 2.19. The minimum Gasteiger partial charge on any atom is -0.380 e. The molecule has 0 unspecified atom stereocenters. The van der Waals surface area contributed by atoms with Crippen LogP contribution in [0.1, 0.15) is 19.3 Å². The molecular weight excluding hydrogens is 282 g/mol. The molecule has 0 saturated carbocycles. The molecular formula is C9H12BrNO5. The Kier molecular flexibility index (Phi) is 5.41. The normalized spacial score (nSPS) is 15.7. The summed E-state index contributed by atoms with van der Waals surface area (Å²) in [5.41, 5.74) is 0. The van der Waals surface area contributed by atoms with Crippen LogP contribution in [0.25, 0.3) is 0 Å². The van der Waals surface area contributed by atoms with Gasteiger partial charge < -0.3 is 9.57 Å². The third-order valence-electron chi connectivity index (χ3n) is 1.87. The van der Waals surface area contributed by atoms with E-state index in [0.717, 1.165) is 0 Å². The molecule has 0 atom stereocenters. The predicted molar refractivity (Wildman–Crippen MR) is 56.4 cm³/mol. The molecule has 0 radical (unpaired) electrons. The Balaban J connectivity index is 2.23. The molecule has 0 spiro atoms. The van der Waals surface area contributed by atoms with Crippen molar-refractivity contribution in [3.05, 3.63) is 0 Å². The molecule has 90 valence electrons. The molecule has 16 heavy (non-hydrogen) atoms. The van der Waals surface area contributed by atoms with E-state index >= 15 is 0 Å². The van der Waals surface area contributed by atoms with Crippen LogP contribution in [-0.4, -0.2) is 41.4 Å². The molecule has 1 rings (SSSR count). The fraction of sp³-hybridized carbons (Fsp3) is 0.667. The van der Waals surface area contributed by atoms with Gasteiger partial charge in [-0.15, -0.1) is 5.06 Å². The first kappa shape index (κ1) is 13.1. The summed E-state index contributed by atoms with van der Waals surface area (Å²) in [4.78, 5) is 38.0. The first-order valence-corrected chi connectivity index (χ1v) is 5.97. The number of hydroxylamine groups is 2. The molecule has 1 fully saturated rings. The van der Waals surface area contributed by atoms with Crippen molar-refractivity contribution in [1.82, 2.24) is 5.06 Å². The summed E-state index contributed by atoms with van der Waals surface area (Å²) in [6, 6.07) is 0. The molecule has 0 aromatic rings. The van der Waals surface area contributed by atoms with E-state index in [0.29, 0.717) is 17.0 Å². The van der Waals surface area contributed by atoms with E-state index in [1.807, 2.05) is 0 Å². The number of ether oxygens (including phenoxy) is 1. The van der Waals surface area contributed by atoms with Crippen molar-refractivity contribution in [2.75, 3.05) is 18.5 Å².